The van der Waals surface area contributed by atoms with Gasteiger partial charge >= 0.3 is 0 Å². The highest BCUT2D eigenvalue weighted by Crippen LogP contribution is 2.26. The Kier molecular flexibility index (Phi) is 4.25. The zero-order valence-electron chi connectivity index (χ0n) is 10.5. The molecule has 4 nitrogen and oxygen atoms in total. The van der Waals surface area contributed by atoms with Gasteiger partial charge in [-0.25, -0.2) is 0 Å². The molecule has 1 N–H and O–H groups in total. The molecule has 0 aliphatic rings. The molecule has 0 bridgehead atoms. The van der Waals surface area contributed by atoms with Crippen LogP contribution in [0, 0.1) is 0 Å². The van der Waals surface area contributed by atoms with E-state index in [4.69, 9.17) is 4.42 Å². The first-order chi connectivity index (χ1) is 9.83. The summed E-state index contributed by atoms with van der Waals surface area (Å²) in [7, 11) is 0. The van der Waals surface area contributed by atoms with Gasteiger partial charge in [-0.3, -0.25) is 0 Å². The summed E-state index contributed by atoms with van der Waals surface area (Å²) in [5.41, 5.74) is 2.17. The van der Waals surface area contributed by atoms with Crippen molar-refractivity contribution in [1.82, 2.24) is 15.5 Å². The Morgan fingerprint density at radius 3 is 2.85 bits per heavy atom. The lowest BCUT2D eigenvalue weighted by Gasteiger charge is -1.99. The molecular weight excluding hydrogens is 338 g/mol. The average Bonchev–Trinajstić information content (AvgIpc) is 3.11. The van der Waals surface area contributed by atoms with E-state index in [-0.39, 0.29) is 0 Å². The Balaban J connectivity index is 1.64. The number of aromatic nitrogens is 2. The second-order valence-corrected chi connectivity index (χ2v) is 5.85. The van der Waals surface area contributed by atoms with Crippen LogP contribution in [0.2, 0.25) is 0 Å². The SMILES string of the molecule is Brc1ccccc1-c1nnc(CNCc2ccsc2)o1. The lowest BCUT2D eigenvalue weighted by atomic mass is 10.2. The molecule has 2 aromatic heterocycles. The maximum atomic E-state index is 5.66. The van der Waals surface area contributed by atoms with E-state index in [0.29, 0.717) is 18.3 Å². The molecule has 0 unspecified atom stereocenters. The van der Waals surface area contributed by atoms with Crippen molar-refractivity contribution in [2.45, 2.75) is 13.1 Å². The van der Waals surface area contributed by atoms with Gasteiger partial charge in [0.15, 0.2) is 0 Å². The Morgan fingerprint density at radius 1 is 1.15 bits per heavy atom. The van der Waals surface area contributed by atoms with E-state index in [0.717, 1.165) is 16.6 Å². The van der Waals surface area contributed by atoms with E-state index >= 15 is 0 Å². The number of hydrogen-bond donors (Lipinski definition) is 1. The summed E-state index contributed by atoms with van der Waals surface area (Å²) in [6, 6.07) is 9.89. The van der Waals surface area contributed by atoms with Crippen molar-refractivity contribution < 1.29 is 4.42 Å². The lowest BCUT2D eigenvalue weighted by molar-refractivity contribution is 0.477. The minimum absolute atomic E-state index is 0.532. The standard InChI is InChI=1S/C14H12BrN3OS/c15-12-4-2-1-3-11(12)14-18-17-13(19-14)8-16-7-10-5-6-20-9-10/h1-6,9,16H,7-8H2. The highest BCUT2D eigenvalue weighted by Gasteiger charge is 2.10. The van der Waals surface area contributed by atoms with Crippen LogP contribution in [0.3, 0.4) is 0 Å². The fraction of sp³-hybridized carbons (Fsp3) is 0.143. The number of nitrogens with one attached hydrogen (secondary N) is 1. The molecule has 102 valence electrons. The maximum Gasteiger partial charge on any atom is 0.248 e. The molecule has 0 saturated heterocycles. The molecule has 0 saturated carbocycles. The van der Waals surface area contributed by atoms with Crippen molar-refractivity contribution in [3.63, 3.8) is 0 Å². The topological polar surface area (TPSA) is 51.0 Å². The molecule has 0 aliphatic carbocycles. The molecule has 1 aromatic carbocycles. The van der Waals surface area contributed by atoms with E-state index < -0.39 is 0 Å². The van der Waals surface area contributed by atoms with Crippen molar-refractivity contribution in [3.05, 3.63) is 57.0 Å². The first-order valence-electron chi connectivity index (χ1n) is 6.12. The summed E-state index contributed by atoms with van der Waals surface area (Å²) in [6.07, 6.45) is 0. The zero-order chi connectivity index (χ0) is 13.8. The van der Waals surface area contributed by atoms with Crippen LogP contribution in [0.1, 0.15) is 11.5 Å². The van der Waals surface area contributed by atoms with Gasteiger partial charge in [0, 0.05) is 11.0 Å². The van der Waals surface area contributed by atoms with Gasteiger partial charge in [0.25, 0.3) is 0 Å². The minimum Gasteiger partial charge on any atom is -0.419 e. The molecule has 2 heterocycles. The third kappa shape index (κ3) is 3.15. The Morgan fingerprint density at radius 2 is 2.05 bits per heavy atom. The fourth-order valence-electron chi connectivity index (χ4n) is 1.78. The summed E-state index contributed by atoms with van der Waals surface area (Å²) in [5, 5.41) is 15.6. The molecule has 20 heavy (non-hydrogen) atoms. The van der Waals surface area contributed by atoms with Crippen LogP contribution in [0.4, 0.5) is 0 Å². The van der Waals surface area contributed by atoms with Crippen LogP contribution >= 0.6 is 27.3 Å². The Labute approximate surface area is 129 Å². The molecule has 6 heteroatoms. The van der Waals surface area contributed by atoms with Gasteiger partial charge < -0.3 is 9.73 Å². The molecule has 0 aliphatic heterocycles. The number of rotatable bonds is 5. The minimum atomic E-state index is 0.532. The van der Waals surface area contributed by atoms with Crippen LogP contribution in [0.25, 0.3) is 11.5 Å². The predicted octanol–water partition coefficient (Wildman–Crippen LogP) is 3.85. The Bertz CT molecular complexity index is 681. The number of halogens is 1. The highest BCUT2D eigenvalue weighted by molar-refractivity contribution is 9.10. The first kappa shape index (κ1) is 13.5. The molecule has 3 aromatic rings. The Hall–Kier alpha value is -1.50. The van der Waals surface area contributed by atoms with Gasteiger partial charge in [-0.2, -0.15) is 11.3 Å². The average molecular weight is 350 g/mol. The van der Waals surface area contributed by atoms with Crippen LogP contribution < -0.4 is 5.32 Å². The van der Waals surface area contributed by atoms with Crippen molar-refractivity contribution >= 4 is 27.3 Å². The van der Waals surface area contributed by atoms with Gasteiger partial charge in [0.05, 0.1) is 12.1 Å². The lowest BCUT2D eigenvalue weighted by Crippen LogP contribution is -2.12. The summed E-state index contributed by atoms with van der Waals surface area (Å²) < 4.78 is 6.60. The summed E-state index contributed by atoms with van der Waals surface area (Å²) in [5.74, 6) is 1.12. The molecule has 0 atom stereocenters. The van der Waals surface area contributed by atoms with Crippen molar-refractivity contribution in [1.29, 1.82) is 0 Å². The van der Waals surface area contributed by atoms with Gasteiger partial charge in [0.1, 0.15) is 0 Å². The first-order valence-corrected chi connectivity index (χ1v) is 7.85. The largest absolute Gasteiger partial charge is 0.419 e. The summed E-state index contributed by atoms with van der Waals surface area (Å²) >= 11 is 5.17. The molecule has 0 amide bonds. The van der Waals surface area contributed by atoms with E-state index in [1.165, 1.54) is 5.56 Å². The molecule has 0 spiro atoms. The van der Waals surface area contributed by atoms with E-state index in [9.17, 15) is 0 Å². The van der Waals surface area contributed by atoms with Crippen molar-refractivity contribution in [2.24, 2.45) is 0 Å². The second-order valence-electron chi connectivity index (χ2n) is 4.22. The van der Waals surface area contributed by atoms with E-state index in [1.54, 1.807) is 11.3 Å². The fourth-order valence-corrected chi connectivity index (χ4v) is 2.90. The van der Waals surface area contributed by atoms with E-state index in [2.05, 4.69) is 48.3 Å². The van der Waals surface area contributed by atoms with Gasteiger partial charge in [-0.15, -0.1) is 10.2 Å². The molecular formula is C14H12BrN3OS. The monoisotopic (exact) mass is 349 g/mol. The second kappa shape index (κ2) is 6.30. The highest BCUT2D eigenvalue weighted by atomic mass is 79.9. The molecule has 0 fully saturated rings. The van der Waals surface area contributed by atoms with Crippen molar-refractivity contribution in [3.8, 4) is 11.5 Å². The van der Waals surface area contributed by atoms with Crippen LogP contribution in [-0.2, 0) is 13.1 Å². The van der Waals surface area contributed by atoms with Gasteiger partial charge in [-0.05, 0) is 50.5 Å². The maximum absolute atomic E-state index is 5.66. The number of hydrogen-bond acceptors (Lipinski definition) is 5. The van der Waals surface area contributed by atoms with Crippen LogP contribution in [-0.4, -0.2) is 10.2 Å². The third-order valence-electron chi connectivity index (χ3n) is 2.76. The molecule has 0 radical (unpaired) electrons. The summed E-state index contributed by atoms with van der Waals surface area (Å²) in [4.78, 5) is 0. The zero-order valence-corrected chi connectivity index (χ0v) is 12.9. The third-order valence-corrected chi connectivity index (χ3v) is 4.18. The number of benzene rings is 1. The quantitative estimate of drug-likeness (QED) is 0.759. The summed E-state index contributed by atoms with van der Waals surface area (Å²) in [6.45, 7) is 1.36. The van der Waals surface area contributed by atoms with Crippen molar-refractivity contribution in [2.75, 3.05) is 0 Å². The van der Waals surface area contributed by atoms with E-state index in [1.807, 2.05) is 24.3 Å². The van der Waals surface area contributed by atoms with Gasteiger partial charge in [-0.1, -0.05) is 12.1 Å². The van der Waals surface area contributed by atoms with Gasteiger partial charge in [0.2, 0.25) is 11.8 Å². The predicted molar refractivity (Wildman–Crippen MR) is 82.3 cm³/mol. The molecule has 3 rings (SSSR count). The smallest absolute Gasteiger partial charge is 0.248 e. The van der Waals surface area contributed by atoms with Crippen LogP contribution in [0.5, 0.6) is 0 Å². The number of thiophene rings is 1. The normalized spacial score (nSPS) is 10.8. The number of nitrogens with zero attached hydrogens (tertiary/aromatic N) is 2. The van der Waals surface area contributed by atoms with Crippen LogP contribution in [0.15, 0.2) is 50.0 Å².